The summed E-state index contributed by atoms with van der Waals surface area (Å²) in [6, 6.07) is 0. The molecule has 0 bridgehead atoms. The molecule has 0 aliphatic carbocycles. The van der Waals surface area contributed by atoms with E-state index in [9.17, 15) is 0 Å². The normalized spacial score (nSPS) is 24.2. The molecule has 110 valence electrons. The standard InChI is InChI=1S/C15H28N2O2/c1-18-11-14-3-9-17(10-4-14)12-15(13-19-2)5-7-16-8-6-15/h3,16H,4-13H2,1-2H3. The Morgan fingerprint density at radius 2 is 2.05 bits per heavy atom. The quantitative estimate of drug-likeness (QED) is 0.736. The van der Waals surface area contributed by atoms with E-state index >= 15 is 0 Å². The highest BCUT2D eigenvalue weighted by atomic mass is 16.5. The number of nitrogens with one attached hydrogen (secondary N) is 1. The number of ether oxygens (including phenoxy) is 2. The van der Waals surface area contributed by atoms with Crippen LogP contribution in [0.4, 0.5) is 0 Å². The van der Waals surface area contributed by atoms with Crippen molar-refractivity contribution in [3.05, 3.63) is 11.6 Å². The number of hydrogen-bond acceptors (Lipinski definition) is 4. The van der Waals surface area contributed by atoms with E-state index in [1.165, 1.54) is 25.0 Å². The molecule has 0 amide bonds. The Labute approximate surface area is 117 Å². The molecule has 2 rings (SSSR count). The fraction of sp³-hybridized carbons (Fsp3) is 0.867. The van der Waals surface area contributed by atoms with Crippen molar-refractivity contribution >= 4 is 0 Å². The molecular weight excluding hydrogens is 240 g/mol. The average molecular weight is 268 g/mol. The zero-order valence-corrected chi connectivity index (χ0v) is 12.4. The Balaban J connectivity index is 1.88. The van der Waals surface area contributed by atoms with Gasteiger partial charge in [0.15, 0.2) is 0 Å². The van der Waals surface area contributed by atoms with Crippen LogP contribution < -0.4 is 5.32 Å². The van der Waals surface area contributed by atoms with E-state index in [1.807, 2.05) is 7.11 Å². The number of rotatable bonds is 6. The Morgan fingerprint density at radius 1 is 1.26 bits per heavy atom. The zero-order valence-electron chi connectivity index (χ0n) is 12.4. The first kappa shape index (κ1) is 15.0. The monoisotopic (exact) mass is 268 g/mol. The van der Waals surface area contributed by atoms with Crippen LogP contribution in [0.5, 0.6) is 0 Å². The minimum atomic E-state index is 0.354. The summed E-state index contributed by atoms with van der Waals surface area (Å²) in [4.78, 5) is 2.57. The molecule has 0 spiro atoms. The van der Waals surface area contributed by atoms with Crippen molar-refractivity contribution in [1.29, 1.82) is 0 Å². The lowest BCUT2D eigenvalue weighted by atomic mass is 9.79. The van der Waals surface area contributed by atoms with E-state index in [1.54, 1.807) is 7.11 Å². The highest BCUT2D eigenvalue weighted by molar-refractivity contribution is 5.08. The van der Waals surface area contributed by atoms with Crippen LogP contribution in [0.2, 0.25) is 0 Å². The second-order valence-corrected chi connectivity index (χ2v) is 5.96. The third kappa shape index (κ3) is 4.28. The summed E-state index contributed by atoms with van der Waals surface area (Å²) < 4.78 is 10.7. The molecule has 0 aromatic rings. The average Bonchev–Trinajstić information content (AvgIpc) is 2.43. The minimum absolute atomic E-state index is 0.354. The molecule has 0 radical (unpaired) electrons. The Kier molecular flexibility index (Phi) is 5.82. The van der Waals surface area contributed by atoms with E-state index in [4.69, 9.17) is 9.47 Å². The van der Waals surface area contributed by atoms with Gasteiger partial charge in [0.2, 0.25) is 0 Å². The second kappa shape index (κ2) is 7.39. The van der Waals surface area contributed by atoms with Crippen molar-refractivity contribution in [3.63, 3.8) is 0 Å². The molecule has 2 aliphatic rings. The molecule has 0 aromatic heterocycles. The number of piperidine rings is 1. The summed E-state index contributed by atoms with van der Waals surface area (Å²) in [5.74, 6) is 0. The molecule has 0 aromatic carbocycles. The van der Waals surface area contributed by atoms with Crippen LogP contribution in [0, 0.1) is 5.41 Å². The Bertz CT molecular complexity index is 293. The molecule has 1 N–H and O–H groups in total. The minimum Gasteiger partial charge on any atom is -0.384 e. The van der Waals surface area contributed by atoms with Gasteiger partial charge in [0.1, 0.15) is 0 Å². The van der Waals surface area contributed by atoms with Gasteiger partial charge in [0.25, 0.3) is 0 Å². The summed E-state index contributed by atoms with van der Waals surface area (Å²) in [5, 5.41) is 3.46. The van der Waals surface area contributed by atoms with Crippen LogP contribution in [-0.4, -0.2) is 65.1 Å². The molecule has 4 heteroatoms. The summed E-state index contributed by atoms with van der Waals surface area (Å²) in [6.07, 6.45) is 5.95. The molecule has 2 heterocycles. The van der Waals surface area contributed by atoms with Gasteiger partial charge in [-0.2, -0.15) is 0 Å². The predicted octanol–water partition coefficient (Wildman–Crippen LogP) is 1.28. The first-order valence-corrected chi connectivity index (χ1v) is 7.37. The highest BCUT2D eigenvalue weighted by Crippen LogP contribution is 2.31. The smallest absolute Gasteiger partial charge is 0.0673 e. The van der Waals surface area contributed by atoms with E-state index in [0.29, 0.717) is 5.41 Å². The van der Waals surface area contributed by atoms with Gasteiger partial charge in [-0.15, -0.1) is 0 Å². The fourth-order valence-corrected chi connectivity index (χ4v) is 3.30. The number of methoxy groups -OCH3 is 2. The predicted molar refractivity (Wildman–Crippen MR) is 77.4 cm³/mol. The van der Waals surface area contributed by atoms with Gasteiger partial charge in [0, 0.05) is 39.3 Å². The summed E-state index contributed by atoms with van der Waals surface area (Å²) in [7, 11) is 3.60. The van der Waals surface area contributed by atoms with Crippen molar-refractivity contribution in [2.75, 3.05) is 60.2 Å². The van der Waals surface area contributed by atoms with E-state index in [0.717, 1.165) is 45.8 Å². The maximum Gasteiger partial charge on any atom is 0.0673 e. The van der Waals surface area contributed by atoms with Crippen LogP contribution in [0.3, 0.4) is 0 Å². The van der Waals surface area contributed by atoms with E-state index in [-0.39, 0.29) is 0 Å². The van der Waals surface area contributed by atoms with Crippen molar-refractivity contribution < 1.29 is 9.47 Å². The first-order valence-electron chi connectivity index (χ1n) is 7.37. The van der Waals surface area contributed by atoms with Crippen LogP contribution in [0.15, 0.2) is 11.6 Å². The number of hydrogen-bond donors (Lipinski definition) is 1. The summed E-state index contributed by atoms with van der Waals surface area (Å²) >= 11 is 0. The van der Waals surface area contributed by atoms with Crippen molar-refractivity contribution in [2.24, 2.45) is 5.41 Å². The molecule has 0 saturated carbocycles. The SMILES string of the molecule is COCC1=CCN(CC2(COC)CCNCC2)CC1. The van der Waals surface area contributed by atoms with Gasteiger partial charge in [-0.05, 0) is 37.9 Å². The molecule has 0 atom stereocenters. The molecule has 2 aliphatic heterocycles. The summed E-state index contributed by atoms with van der Waals surface area (Å²) in [6.45, 7) is 7.33. The zero-order chi connectivity index (χ0) is 13.6. The van der Waals surface area contributed by atoms with Gasteiger partial charge in [0.05, 0.1) is 13.2 Å². The molecule has 0 unspecified atom stereocenters. The molecule has 4 nitrogen and oxygen atoms in total. The van der Waals surface area contributed by atoms with Crippen LogP contribution >= 0.6 is 0 Å². The lowest BCUT2D eigenvalue weighted by Gasteiger charge is -2.41. The maximum absolute atomic E-state index is 5.50. The molecule has 1 fully saturated rings. The van der Waals surface area contributed by atoms with E-state index in [2.05, 4.69) is 16.3 Å². The molecular formula is C15H28N2O2. The van der Waals surface area contributed by atoms with Gasteiger partial charge >= 0.3 is 0 Å². The van der Waals surface area contributed by atoms with Crippen molar-refractivity contribution in [2.45, 2.75) is 19.3 Å². The Hall–Kier alpha value is -0.420. The highest BCUT2D eigenvalue weighted by Gasteiger charge is 2.34. The van der Waals surface area contributed by atoms with Gasteiger partial charge < -0.3 is 14.8 Å². The van der Waals surface area contributed by atoms with Crippen molar-refractivity contribution in [3.8, 4) is 0 Å². The molecule has 1 saturated heterocycles. The Morgan fingerprint density at radius 3 is 2.63 bits per heavy atom. The van der Waals surface area contributed by atoms with Gasteiger partial charge in [-0.3, -0.25) is 4.90 Å². The lowest BCUT2D eigenvalue weighted by Crippen LogP contribution is -2.48. The van der Waals surface area contributed by atoms with Crippen LogP contribution in [-0.2, 0) is 9.47 Å². The molecule has 19 heavy (non-hydrogen) atoms. The second-order valence-electron chi connectivity index (χ2n) is 5.96. The van der Waals surface area contributed by atoms with Crippen LogP contribution in [0.1, 0.15) is 19.3 Å². The number of nitrogens with zero attached hydrogens (tertiary/aromatic N) is 1. The topological polar surface area (TPSA) is 33.7 Å². The van der Waals surface area contributed by atoms with E-state index < -0.39 is 0 Å². The van der Waals surface area contributed by atoms with Crippen molar-refractivity contribution in [1.82, 2.24) is 10.2 Å². The lowest BCUT2D eigenvalue weighted by molar-refractivity contribution is 0.0239. The van der Waals surface area contributed by atoms with Gasteiger partial charge in [-0.25, -0.2) is 0 Å². The third-order valence-electron chi connectivity index (χ3n) is 4.39. The maximum atomic E-state index is 5.50. The largest absolute Gasteiger partial charge is 0.384 e. The van der Waals surface area contributed by atoms with Crippen LogP contribution in [0.25, 0.3) is 0 Å². The third-order valence-corrected chi connectivity index (χ3v) is 4.39. The first-order chi connectivity index (χ1) is 9.28. The van der Waals surface area contributed by atoms with Gasteiger partial charge in [-0.1, -0.05) is 6.08 Å². The summed E-state index contributed by atoms with van der Waals surface area (Å²) in [5.41, 5.74) is 1.80. The fourth-order valence-electron chi connectivity index (χ4n) is 3.30.